The minimum Gasteiger partial charge on any atom is -0.383 e. The van der Waals surface area contributed by atoms with Gasteiger partial charge in [0.25, 0.3) is 0 Å². The van der Waals surface area contributed by atoms with Gasteiger partial charge >= 0.3 is 0 Å². The average Bonchev–Trinajstić information content (AvgIpc) is 2.42. The second-order valence-corrected chi connectivity index (χ2v) is 4.32. The second kappa shape index (κ2) is 6.82. The molecule has 18 heavy (non-hydrogen) atoms. The number of benzene rings is 2. The van der Waals surface area contributed by atoms with E-state index in [1.165, 1.54) is 0 Å². The van der Waals surface area contributed by atoms with E-state index < -0.39 is 0 Å². The highest BCUT2D eigenvalue weighted by atomic mass is 35.5. The molecular formula is C15H15ClN2. The van der Waals surface area contributed by atoms with Gasteiger partial charge in [-0.05, 0) is 29.8 Å². The summed E-state index contributed by atoms with van der Waals surface area (Å²) in [6, 6.07) is 17.8. The van der Waals surface area contributed by atoms with E-state index in [2.05, 4.69) is 10.3 Å². The molecule has 0 amide bonds. The number of halogens is 1. The fourth-order valence-electron chi connectivity index (χ4n) is 1.54. The Balaban J connectivity index is 1.74. The molecule has 3 heteroatoms. The van der Waals surface area contributed by atoms with Gasteiger partial charge in [-0.2, -0.15) is 0 Å². The largest absolute Gasteiger partial charge is 0.383 e. The SMILES string of the molecule is Clc1ccc(C=NCCNc2ccccc2)cc1. The number of hydrogen-bond donors (Lipinski definition) is 1. The number of aliphatic imine (C=N–C) groups is 1. The lowest BCUT2D eigenvalue weighted by Crippen LogP contribution is -2.04. The summed E-state index contributed by atoms with van der Waals surface area (Å²) in [7, 11) is 0. The van der Waals surface area contributed by atoms with Crippen molar-refractivity contribution in [1.82, 2.24) is 0 Å². The average molecular weight is 259 g/mol. The number of hydrogen-bond acceptors (Lipinski definition) is 2. The van der Waals surface area contributed by atoms with Gasteiger partial charge in [0.15, 0.2) is 0 Å². The summed E-state index contributed by atoms with van der Waals surface area (Å²) in [5.74, 6) is 0. The van der Waals surface area contributed by atoms with Crippen LogP contribution in [0.1, 0.15) is 5.56 Å². The number of nitrogens with zero attached hydrogens (tertiary/aromatic N) is 1. The maximum absolute atomic E-state index is 5.81. The van der Waals surface area contributed by atoms with Crippen molar-refractivity contribution in [3.63, 3.8) is 0 Å². The third-order valence-electron chi connectivity index (χ3n) is 2.45. The molecule has 0 heterocycles. The number of para-hydroxylation sites is 1. The molecule has 2 nitrogen and oxygen atoms in total. The molecule has 2 aromatic carbocycles. The van der Waals surface area contributed by atoms with Crippen LogP contribution < -0.4 is 5.32 Å². The van der Waals surface area contributed by atoms with Crippen LogP contribution in [0.5, 0.6) is 0 Å². The summed E-state index contributed by atoms with van der Waals surface area (Å²) in [6.45, 7) is 1.58. The van der Waals surface area contributed by atoms with Crippen molar-refractivity contribution in [2.24, 2.45) is 4.99 Å². The van der Waals surface area contributed by atoms with Crippen molar-refractivity contribution < 1.29 is 0 Å². The fraction of sp³-hybridized carbons (Fsp3) is 0.133. The highest BCUT2D eigenvalue weighted by Gasteiger charge is 1.89. The molecule has 0 aliphatic heterocycles. The highest BCUT2D eigenvalue weighted by molar-refractivity contribution is 6.30. The van der Waals surface area contributed by atoms with Crippen LogP contribution in [-0.2, 0) is 0 Å². The normalized spacial score (nSPS) is 10.7. The van der Waals surface area contributed by atoms with Crippen molar-refractivity contribution in [2.75, 3.05) is 18.4 Å². The molecule has 0 fully saturated rings. The summed E-state index contributed by atoms with van der Waals surface area (Å²) < 4.78 is 0. The quantitative estimate of drug-likeness (QED) is 0.639. The lowest BCUT2D eigenvalue weighted by Gasteiger charge is -2.02. The Morgan fingerprint density at radius 1 is 1.00 bits per heavy atom. The third kappa shape index (κ3) is 4.22. The van der Waals surface area contributed by atoms with Crippen LogP contribution >= 0.6 is 11.6 Å². The first-order chi connectivity index (χ1) is 8.84. The molecule has 2 aromatic rings. The van der Waals surface area contributed by atoms with Gasteiger partial charge in [-0.25, -0.2) is 0 Å². The van der Waals surface area contributed by atoms with Gasteiger partial charge in [0.2, 0.25) is 0 Å². The van der Waals surface area contributed by atoms with Crippen molar-refractivity contribution >= 4 is 23.5 Å². The molecule has 0 spiro atoms. The molecule has 0 aliphatic rings. The van der Waals surface area contributed by atoms with Crippen LogP contribution in [0.25, 0.3) is 0 Å². The van der Waals surface area contributed by atoms with Crippen molar-refractivity contribution in [2.45, 2.75) is 0 Å². The van der Waals surface area contributed by atoms with Crippen molar-refractivity contribution in [3.8, 4) is 0 Å². The molecule has 0 unspecified atom stereocenters. The van der Waals surface area contributed by atoms with Crippen molar-refractivity contribution in [1.29, 1.82) is 0 Å². The maximum atomic E-state index is 5.81. The Hall–Kier alpha value is -1.80. The van der Waals surface area contributed by atoms with Crippen LogP contribution in [0.2, 0.25) is 5.02 Å². The Morgan fingerprint density at radius 3 is 2.44 bits per heavy atom. The molecule has 0 saturated carbocycles. The Kier molecular flexibility index (Phi) is 4.79. The van der Waals surface area contributed by atoms with E-state index in [0.717, 1.165) is 29.4 Å². The zero-order chi connectivity index (χ0) is 12.6. The van der Waals surface area contributed by atoms with Gasteiger partial charge in [0, 0.05) is 23.5 Å². The summed E-state index contributed by atoms with van der Waals surface area (Å²) in [4.78, 5) is 4.36. The minimum absolute atomic E-state index is 0.748. The maximum Gasteiger partial charge on any atom is 0.0562 e. The van der Waals surface area contributed by atoms with E-state index in [0.29, 0.717) is 0 Å². The zero-order valence-corrected chi connectivity index (χ0v) is 10.8. The zero-order valence-electron chi connectivity index (χ0n) is 10.0. The van der Waals surface area contributed by atoms with Gasteiger partial charge < -0.3 is 5.32 Å². The Labute approximate surface area is 112 Å². The van der Waals surface area contributed by atoms with E-state index >= 15 is 0 Å². The lowest BCUT2D eigenvalue weighted by atomic mass is 10.2. The first-order valence-corrected chi connectivity index (χ1v) is 6.27. The van der Waals surface area contributed by atoms with Gasteiger partial charge in [-0.3, -0.25) is 4.99 Å². The van der Waals surface area contributed by atoms with Gasteiger partial charge in [-0.15, -0.1) is 0 Å². The summed E-state index contributed by atoms with van der Waals surface area (Å²) in [5.41, 5.74) is 2.19. The molecule has 0 bridgehead atoms. The number of anilines is 1. The van der Waals surface area contributed by atoms with Gasteiger partial charge in [-0.1, -0.05) is 41.9 Å². The van der Waals surface area contributed by atoms with E-state index in [4.69, 9.17) is 11.6 Å². The van der Waals surface area contributed by atoms with Gasteiger partial charge in [0.1, 0.15) is 0 Å². The molecule has 0 aliphatic carbocycles. The Morgan fingerprint density at radius 2 is 1.72 bits per heavy atom. The molecule has 0 aromatic heterocycles. The highest BCUT2D eigenvalue weighted by Crippen LogP contribution is 2.08. The van der Waals surface area contributed by atoms with E-state index in [1.807, 2.05) is 60.8 Å². The standard InChI is InChI=1S/C15H15ClN2/c16-14-8-6-13(7-9-14)12-17-10-11-18-15-4-2-1-3-5-15/h1-9,12,18H,10-11H2. The summed E-state index contributed by atoms with van der Waals surface area (Å²) >= 11 is 5.81. The monoisotopic (exact) mass is 258 g/mol. The molecular weight excluding hydrogens is 244 g/mol. The number of rotatable bonds is 5. The van der Waals surface area contributed by atoms with Crippen LogP contribution in [0.4, 0.5) is 5.69 Å². The molecule has 1 N–H and O–H groups in total. The topological polar surface area (TPSA) is 24.4 Å². The summed E-state index contributed by atoms with van der Waals surface area (Å²) in [6.07, 6.45) is 1.86. The van der Waals surface area contributed by atoms with Crippen LogP contribution in [0.15, 0.2) is 59.6 Å². The van der Waals surface area contributed by atoms with Crippen LogP contribution in [-0.4, -0.2) is 19.3 Å². The molecule has 92 valence electrons. The predicted molar refractivity (Wildman–Crippen MR) is 78.8 cm³/mol. The molecule has 2 rings (SSSR count). The first kappa shape index (κ1) is 12.7. The van der Waals surface area contributed by atoms with Crippen LogP contribution in [0.3, 0.4) is 0 Å². The predicted octanol–water partition coefficient (Wildman–Crippen LogP) is 3.87. The first-order valence-electron chi connectivity index (χ1n) is 5.89. The van der Waals surface area contributed by atoms with E-state index in [9.17, 15) is 0 Å². The van der Waals surface area contributed by atoms with Crippen molar-refractivity contribution in [3.05, 3.63) is 65.2 Å². The number of nitrogens with one attached hydrogen (secondary N) is 1. The second-order valence-electron chi connectivity index (χ2n) is 3.88. The van der Waals surface area contributed by atoms with E-state index in [-0.39, 0.29) is 0 Å². The smallest absolute Gasteiger partial charge is 0.0562 e. The molecule has 0 saturated heterocycles. The van der Waals surface area contributed by atoms with Gasteiger partial charge in [0.05, 0.1) is 6.54 Å². The lowest BCUT2D eigenvalue weighted by molar-refractivity contribution is 1.03. The van der Waals surface area contributed by atoms with E-state index in [1.54, 1.807) is 0 Å². The fourth-order valence-corrected chi connectivity index (χ4v) is 1.67. The molecule has 0 radical (unpaired) electrons. The Bertz CT molecular complexity index is 492. The molecule has 0 atom stereocenters. The summed E-state index contributed by atoms with van der Waals surface area (Å²) in [5, 5.41) is 4.05. The third-order valence-corrected chi connectivity index (χ3v) is 2.71. The minimum atomic E-state index is 0.748. The van der Waals surface area contributed by atoms with Crippen LogP contribution in [0, 0.1) is 0 Å².